The topological polar surface area (TPSA) is 113 Å². The molecule has 0 aromatic heterocycles. The van der Waals surface area contributed by atoms with Crippen LogP contribution in [0.3, 0.4) is 0 Å². The van der Waals surface area contributed by atoms with Crippen LogP contribution in [0.4, 0.5) is 0 Å². The molecule has 1 aliphatic carbocycles. The van der Waals surface area contributed by atoms with Crippen molar-refractivity contribution in [3.63, 3.8) is 0 Å². The average Bonchev–Trinajstić information content (AvgIpc) is 2.93. The van der Waals surface area contributed by atoms with Gasteiger partial charge in [-0.2, -0.15) is 0 Å². The van der Waals surface area contributed by atoms with E-state index >= 15 is 0 Å². The van der Waals surface area contributed by atoms with Crippen molar-refractivity contribution in [2.45, 2.75) is 57.8 Å². The maximum Gasteiger partial charge on any atom is 0.307 e. The Morgan fingerprint density at radius 2 is 1.67 bits per heavy atom. The zero-order chi connectivity index (χ0) is 25.9. The highest BCUT2D eigenvalue weighted by Crippen LogP contribution is 2.36. The lowest BCUT2D eigenvalue weighted by Gasteiger charge is -2.27. The lowest BCUT2D eigenvalue weighted by molar-refractivity contribution is -0.136. The van der Waals surface area contributed by atoms with Gasteiger partial charge in [0.2, 0.25) is 0 Å². The SMILES string of the molecule is CO.NCc1cccc(-c2cc(COc3ccccc3CC(=O)O)cc(C(O)C3CCCCC3)c2)c1. The van der Waals surface area contributed by atoms with E-state index in [9.17, 15) is 15.0 Å². The van der Waals surface area contributed by atoms with Gasteiger partial charge in [0.15, 0.2) is 0 Å². The molecule has 6 nitrogen and oxygen atoms in total. The van der Waals surface area contributed by atoms with Gasteiger partial charge in [-0.1, -0.05) is 55.7 Å². The van der Waals surface area contributed by atoms with Crippen molar-refractivity contribution in [3.8, 4) is 16.9 Å². The van der Waals surface area contributed by atoms with Gasteiger partial charge in [-0.25, -0.2) is 0 Å². The summed E-state index contributed by atoms with van der Waals surface area (Å²) in [5, 5.41) is 27.5. The van der Waals surface area contributed by atoms with E-state index in [2.05, 4.69) is 24.3 Å². The summed E-state index contributed by atoms with van der Waals surface area (Å²) < 4.78 is 6.08. The molecule has 1 atom stereocenters. The third kappa shape index (κ3) is 7.40. The van der Waals surface area contributed by atoms with Gasteiger partial charge in [0.1, 0.15) is 12.4 Å². The van der Waals surface area contributed by atoms with Crippen molar-refractivity contribution in [1.29, 1.82) is 0 Å². The molecule has 0 heterocycles. The Bertz CT molecular complexity index is 1120. The normalized spacial score (nSPS) is 14.4. The minimum Gasteiger partial charge on any atom is -0.489 e. The molecule has 192 valence electrons. The standard InChI is InChI=1S/C29H33NO4.CH4O/c30-18-20-7-6-11-23(13-20)25-14-21(15-26(16-25)29(33)22-8-2-1-3-9-22)19-34-27-12-5-4-10-24(27)17-28(31)32;1-2/h4-7,10-16,22,29,33H,1-3,8-9,17-19,30H2,(H,31,32);2H,1H3. The Morgan fingerprint density at radius 1 is 0.944 bits per heavy atom. The molecule has 1 fully saturated rings. The number of ether oxygens (including phenoxy) is 1. The van der Waals surface area contributed by atoms with Crippen molar-refractivity contribution in [2.24, 2.45) is 11.7 Å². The highest BCUT2D eigenvalue weighted by molar-refractivity contribution is 5.71. The number of benzene rings is 3. The minimum atomic E-state index is -0.893. The van der Waals surface area contributed by atoms with Crippen molar-refractivity contribution in [1.82, 2.24) is 0 Å². The molecule has 0 aliphatic heterocycles. The second-order valence-electron chi connectivity index (χ2n) is 9.18. The third-order valence-corrected chi connectivity index (χ3v) is 6.66. The zero-order valence-corrected chi connectivity index (χ0v) is 20.9. The van der Waals surface area contributed by atoms with Crippen LogP contribution in [0.1, 0.15) is 60.5 Å². The van der Waals surface area contributed by atoms with Gasteiger partial charge in [-0.05, 0) is 76.9 Å². The van der Waals surface area contributed by atoms with E-state index < -0.39 is 12.1 Å². The molecule has 0 spiro atoms. The second-order valence-corrected chi connectivity index (χ2v) is 9.18. The number of aliphatic carboxylic acids is 1. The predicted octanol–water partition coefficient (Wildman–Crippen LogP) is 5.24. The fourth-order valence-corrected chi connectivity index (χ4v) is 4.85. The first-order valence-corrected chi connectivity index (χ1v) is 12.5. The van der Waals surface area contributed by atoms with E-state index in [1.165, 1.54) is 6.42 Å². The van der Waals surface area contributed by atoms with E-state index in [4.69, 9.17) is 15.6 Å². The van der Waals surface area contributed by atoms with E-state index in [0.717, 1.165) is 60.6 Å². The fourth-order valence-electron chi connectivity index (χ4n) is 4.85. The Balaban J connectivity index is 0.00000176. The summed E-state index contributed by atoms with van der Waals surface area (Å²) in [6.07, 6.45) is 5.05. The van der Waals surface area contributed by atoms with Gasteiger partial charge < -0.3 is 25.8 Å². The maximum absolute atomic E-state index is 11.2. The number of carboxylic acid groups (broad SMARTS) is 1. The molecule has 0 saturated heterocycles. The Kier molecular flexibility index (Phi) is 10.5. The van der Waals surface area contributed by atoms with Gasteiger partial charge in [0.05, 0.1) is 12.5 Å². The smallest absolute Gasteiger partial charge is 0.307 e. The molecule has 1 saturated carbocycles. The zero-order valence-electron chi connectivity index (χ0n) is 20.9. The van der Waals surface area contributed by atoms with Crippen LogP contribution in [0.2, 0.25) is 0 Å². The van der Waals surface area contributed by atoms with Crippen molar-refractivity contribution in [2.75, 3.05) is 7.11 Å². The fraction of sp³-hybridized carbons (Fsp3) is 0.367. The monoisotopic (exact) mass is 491 g/mol. The van der Waals surface area contributed by atoms with Crippen LogP contribution in [-0.4, -0.2) is 28.4 Å². The third-order valence-electron chi connectivity index (χ3n) is 6.66. The number of carbonyl (C=O) groups is 1. The van der Waals surface area contributed by atoms with Gasteiger partial charge >= 0.3 is 5.97 Å². The molecular weight excluding hydrogens is 454 g/mol. The Labute approximate surface area is 213 Å². The van der Waals surface area contributed by atoms with Gasteiger partial charge in [0.25, 0.3) is 0 Å². The summed E-state index contributed by atoms with van der Waals surface area (Å²) in [5.41, 5.74) is 11.5. The first kappa shape index (κ1) is 27.4. The maximum atomic E-state index is 11.2. The van der Waals surface area contributed by atoms with Crippen molar-refractivity contribution >= 4 is 5.97 Å². The van der Waals surface area contributed by atoms with Crippen LogP contribution in [0.15, 0.2) is 66.7 Å². The molecule has 0 radical (unpaired) electrons. The molecular formula is C30H37NO5. The predicted molar refractivity (Wildman–Crippen MR) is 142 cm³/mol. The number of aliphatic hydroxyl groups excluding tert-OH is 2. The number of rotatable bonds is 9. The molecule has 6 heteroatoms. The molecule has 1 unspecified atom stereocenters. The minimum absolute atomic E-state index is 0.0895. The van der Waals surface area contributed by atoms with Gasteiger partial charge in [0, 0.05) is 19.2 Å². The van der Waals surface area contributed by atoms with Crippen LogP contribution in [0.25, 0.3) is 11.1 Å². The second kappa shape index (κ2) is 13.8. The first-order chi connectivity index (χ1) is 17.5. The van der Waals surface area contributed by atoms with Gasteiger partial charge in [-0.15, -0.1) is 0 Å². The number of carboxylic acids is 1. The number of aliphatic hydroxyl groups is 2. The molecule has 4 rings (SSSR count). The average molecular weight is 492 g/mol. The summed E-state index contributed by atoms with van der Waals surface area (Å²) in [6, 6.07) is 21.5. The Hall–Kier alpha value is -3.19. The molecule has 0 bridgehead atoms. The highest BCUT2D eigenvalue weighted by atomic mass is 16.5. The number of hydrogen-bond acceptors (Lipinski definition) is 5. The van der Waals surface area contributed by atoms with Crippen LogP contribution >= 0.6 is 0 Å². The highest BCUT2D eigenvalue weighted by Gasteiger charge is 2.24. The summed E-state index contributed by atoms with van der Waals surface area (Å²) in [6.45, 7) is 0.750. The number of nitrogens with two attached hydrogens (primary N) is 1. The van der Waals surface area contributed by atoms with E-state index in [1.807, 2.05) is 30.3 Å². The number of para-hydroxylation sites is 1. The van der Waals surface area contributed by atoms with Crippen molar-refractivity contribution < 1.29 is 24.9 Å². The van der Waals surface area contributed by atoms with Crippen LogP contribution < -0.4 is 10.5 Å². The summed E-state index contributed by atoms with van der Waals surface area (Å²) in [4.78, 5) is 11.2. The molecule has 3 aromatic carbocycles. The first-order valence-electron chi connectivity index (χ1n) is 12.5. The van der Waals surface area contributed by atoms with E-state index in [0.29, 0.717) is 17.9 Å². The van der Waals surface area contributed by atoms with Crippen LogP contribution in [0.5, 0.6) is 5.75 Å². The number of hydrogen-bond donors (Lipinski definition) is 4. The molecule has 5 N–H and O–H groups in total. The van der Waals surface area contributed by atoms with Crippen LogP contribution in [-0.2, 0) is 24.4 Å². The quantitative estimate of drug-likeness (QED) is 0.326. The molecule has 0 amide bonds. The van der Waals surface area contributed by atoms with Crippen LogP contribution in [0, 0.1) is 5.92 Å². The molecule has 36 heavy (non-hydrogen) atoms. The summed E-state index contributed by atoms with van der Waals surface area (Å²) in [7, 11) is 1.00. The van der Waals surface area contributed by atoms with E-state index in [-0.39, 0.29) is 18.9 Å². The summed E-state index contributed by atoms with van der Waals surface area (Å²) in [5.74, 6) is -0.0602. The lowest BCUT2D eigenvalue weighted by atomic mass is 9.82. The van der Waals surface area contributed by atoms with E-state index in [1.54, 1.807) is 12.1 Å². The molecule has 1 aliphatic rings. The van der Waals surface area contributed by atoms with Crippen molar-refractivity contribution in [3.05, 3.63) is 89.0 Å². The lowest BCUT2D eigenvalue weighted by Crippen LogP contribution is -2.16. The Morgan fingerprint density at radius 3 is 2.39 bits per heavy atom. The summed E-state index contributed by atoms with van der Waals surface area (Å²) >= 11 is 0. The molecule has 3 aromatic rings. The van der Waals surface area contributed by atoms with Gasteiger partial charge in [-0.3, -0.25) is 4.79 Å². The largest absolute Gasteiger partial charge is 0.489 e.